The van der Waals surface area contributed by atoms with Crippen LogP contribution in [0.4, 0.5) is 4.39 Å². The number of benzene rings is 1. The molecule has 2 unspecified atom stereocenters. The van der Waals surface area contributed by atoms with E-state index in [1.807, 2.05) is 20.8 Å². The smallest absolute Gasteiger partial charge is 0.261 e. The van der Waals surface area contributed by atoms with Gasteiger partial charge in [-0.2, -0.15) is 0 Å². The molecule has 1 heterocycles. The summed E-state index contributed by atoms with van der Waals surface area (Å²) in [5.41, 5.74) is -0.321. The van der Waals surface area contributed by atoms with E-state index in [-0.39, 0.29) is 35.6 Å². The Morgan fingerprint density at radius 1 is 1.15 bits per heavy atom. The molecule has 146 valence electrons. The molecule has 1 aromatic carbocycles. The highest BCUT2D eigenvalue weighted by Gasteiger charge is 2.29. The van der Waals surface area contributed by atoms with E-state index in [1.54, 1.807) is 42.6 Å². The van der Waals surface area contributed by atoms with Crippen molar-refractivity contribution in [2.45, 2.75) is 39.8 Å². The summed E-state index contributed by atoms with van der Waals surface area (Å²) in [6, 6.07) is 8.53. The second kappa shape index (κ2) is 8.99. The predicted molar refractivity (Wildman–Crippen MR) is 105 cm³/mol. The van der Waals surface area contributed by atoms with Crippen molar-refractivity contribution in [1.29, 1.82) is 0 Å². The Morgan fingerprint density at radius 2 is 1.85 bits per heavy atom. The summed E-state index contributed by atoms with van der Waals surface area (Å²) in [7, 11) is 0. The largest absolute Gasteiger partial charge is 0.488 e. The lowest BCUT2D eigenvalue weighted by atomic mass is 9.87. The molecule has 0 radical (unpaired) electrons. The van der Waals surface area contributed by atoms with Gasteiger partial charge in [0.15, 0.2) is 11.6 Å². The van der Waals surface area contributed by atoms with Gasteiger partial charge in [-0.05, 0) is 35.9 Å². The van der Waals surface area contributed by atoms with Gasteiger partial charge in [0.1, 0.15) is 12.6 Å². The molecule has 2 N–H and O–H groups in total. The molecule has 1 aromatic heterocycles. The van der Waals surface area contributed by atoms with E-state index in [0.717, 1.165) is 0 Å². The van der Waals surface area contributed by atoms with Crippen LogP contribution in [0.15, 0.2) is 41.8 Å². The summed E-state index contributed by atoms with van der Waals surface area (Å²) in [6.45, 7) is 7.60. The molecule has 2 amide bonds. The normalized spacial score (nSPS) is 13.5. The van der Waals surface area contributed by atoms with Crippen molar-refractivity contribution in [2.75, 3.05) is 6.61 Å². The molecule has 2 aromatic rings. The molecule has 0 saturated carbocycles. The third-order valence-corrected chi connectivity index (χ3v) is 4.96. The fourth-order valence-corrected chi connectivity index (χ4v) is 2.91. The van der Waals surface area contributed by atoms with Gasteiger partial charge in [0.2, 0.25) is 5.91 Å². The van der Waals surface area contributed by atoms with E-state index < -0.39 is 11.9 Å². The molecule has 0 aliphatic heterocycles. The van der Waals surface area contributed by atoms with Crippen molar-refractivity contribution >= 4 is 23.2 Å². The van der Waals surface area contributed by atoms with E-state index in [1.165, 1.54) is 17.4 Å². The van der Waals surface area contributed by atoms with Crippen LogP contribution in [0, 0.1) is 11.2 Å². The predicted octanol–water partition coefficient (Wildman–Crippen LogP) is 3.62. The molecule has 0 fully saturated rings. The summed E-state index contributed by atoms with van der Waals surface area (Å²) >= 11 is 1.31. The lowest BCUT2D eigenvalue weighted by molar-refractivity contribution is -0.124. The summed E-state index contributed by atoms with van der Waals surface area (Å²) in [6.07, 6.45) is 0. The third kappa shape index (κ3) is 6.06. The second-order valence-corrected chi connectivity index (χ2v) is 8.29. The molecule has 0 aliphatic rings. The minimum Gasteiger partial charge on any atom is -0.488 e. The highest BCUT2D eigenvalue weighted by molar-refractivity contribution is 7.12. The average molecular weight is 392 g/mol. The number of hydrogen-bond acceptors (Lipinski definition) is 4. The van der Waals surface area contributed by atoms with Gasteiger partial charge in [-0.3, -0.25) is 9.59 Å². The number of halogens is 1. The number of carbonyl (C=O) groups excluding carboxylic acids is 2. The molecular weight excluding hydrogens is 367 g/mol. The zero-order valence-corrected chi connectivity index (χ0v) is 16.7. The fourth-order valence-electron chi connectivity index (χ4n) is 2.28. The molecule has 0 aliphatic carbocycles. The number of nitrogens with one attached hydrogen (secondary N) is 2. The highest BCUT2D eigenvalue weighted by atomic mass is 32.1. The molecule has 2 rings (SSSR count). The first-order chi connectivity index (χ1) is 12.7. The van der Waals surface area contributed by atoms with Gasteiger partial charge in [0.25, 0.3) is 5.91 Å². The van der Waals surface area contributed by atoms with E-state index in [4.69, 9.17) is 4.74 Å². The van der Waals surface area contributed by atoms with Crippen LogP contribution >= 0.6 is 11.3 Å². The Hall–Kier alpha value is -2.41. The van der Waals surface area contributed by atoms with Crippen LogP contribution in [0.3, 0.4) is 0 Å². The Balaban J connectivity index is 1.97. The van der Waals surface area contributed by atoms with Crippen LogP contribution in [0.25, 0.3) is 0 Å². The maximum Gasteiger partial charge on any atom is 0.261 e. The molecule has 0 spiro atoms. The zero-order valence-electron chi connectivity index (χ0n) is 15.9. The van der Waals surface area contributed by atoms with Gasteiger partial charge < -0.3 is 15.4 Å². The van der Waals surface area contributed by atoms with Gasteiger partial charge in [-0.25, -0.2) is 4.39 Å². The van der Waals surface area contributed by atoms with Crippen molar-refractivity contribution in [3.8, 4) is 5.75 Å². The number of hydrogen-bond donors (Lipinski definition) is 2. The number of ether oxygens (including phenoxy) is 1. The van der Waals surface area contributed by atoms with Gasteiger partial charge in [0, 0.05) is 0 Å². The first kappa shape index (κ1) is 20.9. The third-order valence-electron chi connectivity index (χ3n) is 4.09. The van der Waals surface area contributed by atoms with E-state index in [9.17, 15) is 14.0 Å². The second-order valence-electron chi connectivity index (χ2n) is 7.34. The Labute approximate surface area is 162 Å². The van der Waals surface area contributed by atoms with Gasteiger partial charge in [0.05, 0.1) is 10.9 Å². The monoisotopic (exact) mass is 392 g/mol. The quantitative estimate of drug-likeness (QED) is 0.756. The Bertz CT molecular complexity index is 772. The van der Waals surface area contributed by atoms with Crippen LogP contribution in [0.1, 0.15) is 37.4 Å². The molecule has 5 nitrogen and oxygen atoms in total. The van der Waals surface area contributed by atoms with E-state index in [2.05, 4.69) is 10.6 Å². The SMILES string of the molecule is CC(NC(=O)c1cccs1)C(=O)NC(COc1ccccc1F)C(C)(C)C. The first-order valence-electron chi connectivity index (χ1n) is 8.70. The lowest BCUT2D eigenvalue weighted by Gasteiger charge is -2.32. The van der Waals surface area contributed by atoms with Crippen molar-refractivity contribution in [3.05, 3.63) is 52.5 Å². The molecule has 27 heavy (non-hydrogen) atoms. The van der Waals surface area contributed by atoms with Crippen molar-refractivity contribution in [2.24, 2.45) is 5.41 Å². The molecule has 2 atom stereocenters. The number of carbonyl (C=O) groups is 2. The zero-order chi connectivity index (χ0) is 20.0. The summed E-state index contributed by atoms with van der Waals surface area (Å²) < 4.78 is 19.3. The van der Waals surface area contributed by atoms with Crippen LogP contribution in [-0.4, -0.2) is 30.5 Å². The lowest BCUT2D eigenvalue weighted by Crippen LogP contribution is -2.53. The van der Waals surface area contributed by atoms with Gasteiger partial charge in [-0.15, -0.1) is 11.3 Å². The molecular formula is C20H25FN2O3S. The molecule has 0 saturated heterocycles. The molecule has 0 bridgehead atoms. The van der Waals surface area contributed by atoms with Crippen LogP contribution in [-0.2, 0) is 4.79 Å². The highest BCUT2D eigenvalue weighted by Crippen LogP contribution is 2.22. The minimum absolute atomic E-state index is 0.113. The minimum atomic E-state index is -0.710. The maximum absolute atomic E-state index is 13.7. The topological polar surface area (TPSA) is 67.4 Å². The van der Waals surface area contributed by atoms with E-state index >= 15 is 0 Å². The van der Waals surface area contributed by atoms with Crippen molar-refractivity contribution < 1.29 is 18.7 Å². The van der Waals surface area contributed by atoms with Crippen LogP contribution < -0.4 is 15.4 Å². The Morgan fingerprint density at radius 3 is 2.44 bits per heavy atom. The van der Waals surface area contributed by atoms with Gasteiger partial charge in [-0.1, -0.05) is 39.0 Å². The van der Waals surface area contributed by atoms with Crippen LogP contribution in [0.2, 0.25) is 0 Å². The first-order valence-corrected chi connectivity index (χ1v) is 9.58. The number of amides is 2. The number of rotatable bonds is 7. The van der Waals surface area contributed by atoms with E-state index in [0.29, 0.717) is 4.88 Å². The van der Waals surface area contributed by atoms with Crippen molar-refractivity contribution in [1.82, 2.24) is 10.6 Å². The number of para-hydroxylation sites is 1. The van der Waals surface area contributed by atoms with Gasteiger partial charge >= 0.3 is 0 Å². The number of thiophene rings is 1. The Kier molecular flexibility index (Phi) is 6.96. The maximum atomic E-state index is 13.7. The van der Waals surface area contributed by atoms with Crippen molar-refractivity contribution in [3.63, 3.8) is 0 Å². The average Bonchev–Trinajstić information content (AvgIpc) is 3.13. The fraction of sp³-hybridized carbons (Fsp3) is 0.400. The summed E-state index contributed by atoms with van der Waals surface area (Å²) in [4.78, 5) is 25.2. The summed E-state index contributed by atoms with van der Waals surface area (Å²) in [5.74, 6) is -0.923. The molecule has 7 heteroatoms. The van der Waals surface area contributed by atoms with Crippen LogP contribution in [0.5, 0.6) is 5.75 Å². The standard InChI is InChI=1S/C20H25FN2O3S/c1-13(22-19(25)16-10-7-11-27-16)18(24)23-17(20(2,3)4)12-26-15-9-6-5-8-14(15)21/h5-11,13,17H,12H2,1-4H3,(H,22,25)(H,23,24). The summed E-state index contributed by atoms with van der Waals surface area (Å²) in [5, 5.41) is 7.38.